The number of carbonyl (C=O) groups excluding carboxylic acids is 1. The minimum atomic E-state index is 0.00438. The first-order valence-corrected chi connectivity index (χ1v) is 11.1. The molecule has 1 aliphatic heterocycles. The number of amides is 2. The van der Waals surface area contributed by atoms with Crippen molar-refractivity contribution in [3.63, 3.8) is 0 Å². The molecule has 1 fully saturated rings. The van der Waals surface area contributed by atoms with Crippen LogP contribution in [0.1, 0.15) is 6.92 Å². The fourth-order valence-corrected chi connectivity index (χ4v) is 4.43. The molecule has 2 amide bonds. The second-order valence-electron chi connectivity index (χ2n) is 8.33. The first kappa shape index (κ1) is 20.9. The van der Waals surface area contributed by atoms with E-state index < -0.39 is 0 Å². The summed E-state index contributed by atoms with van der Waals surface area (Å²) in [6.45, 7) is 4.03. The van der Waals surface area contributed by atoms with Gasteiger partial charge >= 0.3 is 6.03 Å². The zero-order valence-corrected chi connectivity index (χ0v) is 18.8. The summed E-state index contributed by atoms with van der Waals surface area (Å²) in [5, 5.41) is 11.2. The van der Waals surface area contributed by atoms with Gasteiger partial charge in [-0.15, -0.1) is 10.2 Å². The zero-order valence-electron chi connectivity index (χ0n) is 18.8. The highest BCUT2D eigenvalue weighted by Crippen LogP contribution is 2.32. The van der Waals surface area contributed by atoms with Crippen molar-refractivity contribution in [1.82, 2.24) is 20.1 Å². The summed E-state index contributed by atoms with van der Waals surface area (Å²) in [6.07, 6.45) is 3.65. The number of hydrogen-bond acceptors (Lipinski definition) is 5. The third-order valence-electron chi connectivity index (χ3n) is 6.21. The average molecular weight is 439 g/mol. The van der Waals surface area contributed by atoms with E-state index in [9.17, 15) is 4.79 Å². The topological polar surface area (TPSA) is 65.5 Å². The van der Waals surface area contributed by atoms with Gasteiger partial charge in [-0.1, -0.05) is 48.5 Å². The number of piperazine rings is 1. The normalized spacial score (nSPS) is 16.1. The number of rotatable bonds is 3. The molecule has 5 rings (SSSR count). The number of nitrogens with zero attached hydrogens (tertiary/aromatic N) is 6. The van der Waals surface area contributed by atoms with Crippen LogP contribution in [0, 0.1) is 0 Å². The van der Waals surface area contributed by atoms with E-state index in [1.807, 2.05) is 84.9 Å². The molecule has 0 bridgehead atoms. The number of benzene rings is 2. The minimum absolute atomic E-state index is 0.00438. The molecule has 1 unspecified atom stereocenters. The minimum Gasteiger partial charge on any atom is -0.348 e. The van der Waals surface area contributed by atoms with E-state index in [2.05, 4.69) is 27.0 Å². The van der Waals surface area contributed by atoms with Gasteiger partial charge in [-0.2, -0.15) is 0 Å². The Morgan fingerprint density at radius 2 is 1.67 bits per heavy atom. The lowest BCUT2D eigenvalue weighted by Gasteiger charge is -2.41. The number of hydrogen-bond donors (Lipinski definition) is 0. The molecule has 4 aromatic rings. The van der Waals surface area contributed by atoms with Gasteiger partial charge in [-0.05, 0) is 25.1 Å². The molecule has 166 valence electrons. The Morgan fingerprint density at radius 1 is 0.939 bits per heavy atom. The van der Waals surface area contributed by atoms with Crippen molar-refractivity contribution in [2.24, 2.45) is 0 Å². The fourth-order valence-electron chi connectivity index (χ4n) is 4.43. The summed E-state index contributed by atoms with van der Waals surface area (Å²) >= 11 is 0. The van der Waals surface area contributed by atoms with E-state index in [4.69, 9.17) is 0 Å². The SMILES string of the molecule is CC1CN(C(=O)N(C)c2ccccc2)CCN1c1nnc(-c2ccccc2)c2ccncc12. The predicted octanol–water partition coefficient (Wildman–Crippen LogP) is 4.46. The van der Waals surface area contributed by atoms with Crippen LogP contribution in [0.25, 0.3) is 22.0 Å². The maximum Gasteiger partial charge on any atom is 0.324 e. The van der Waals surface area contributed by atoms with Crippen LogP contribution in [-0.4, -0.2) is 58.8 Å². The van der Waals surface area contributed by atoms with E-state index in [0.717, 1.165) is 33.5 Å². The number of para-hydroxylation sites is 1. The largest absolute Gasteiger partial charge is 0.348 e. The fraction of sp³-hybridized carbons (Fsp3) is 0.231. The van der Waals surface area contributed by atoms with Crippen molar-refractivity contribution < 1.29 is 4.79 Å². The van der Waals surface area contributed by atoms with Crippen molar-refractivity contribution in [2.75, 3.05) is 36.5 Å². The first-order chi connectivity index (χ1) is 16.1. The third kappa shape index (κ3) is 3.98. The highest BCUT2D eigenvalue weighted by atomic mass is 16.2. The lowest BCUT2D eigenvalue weighted by molar-refractivity contribution is 0.194. The van der Waals surface area contributed by atoms with Gasteiger partial charge in [0.25, 0.3) is 0 Å². The van der Waals surface area contributed by atoms with Gasteiger partial charge in [0.15, 0.2) is 5.82 Å². The number of anilines is 2. The third-order valence-corrected chi connectivity index (χ3v) is 6.21. The Balaban J connectivity index is 1.40. The van der Waals surface area contributed by atoms with Gasteiger partial charge in [0.1, 0.15) is 5.69 Å². The summed E-state index contributed by atoms with van der Waals surface area (Å²) in [6, 6.07) is 21.9. The Bertz CT molecular complexity index is 1260. The van der Waals surface area contributed by atoms with Crippen LogP contribution >= 0.6 is 0 Å². The average Bonchev–Trinajstić information content (AvgIpc) is 2.88. The highest BCUT2D eigenvalue weighted by Gasteiger charge is 2.31. The Kier molecular flexibility index (Phi) is 5.60. The molecular formula is C26H26N6O. The van der Waals surface area contributed by atoms with Crippen LogP contribution in [-0.2, 0) is 0 Å². The predicted molar refractivity (Wildman–Crippen MR) is 131 cm³/mol. The maximum absolute atomic E-state index is 13.1. The molecular weight excluding hydrogens is 412 g/mol. The first-order valence-electron chi connectivity index (χ1n) is 11.1. The van der Waals surface area contributed by atoms with E-state index in [1.165, 1.54) is 0 Å². The molecule has 0 N–H and O–H groups in total. The lowest BCUT2D eigenvalue weighted by Crippen LogP contribution is -2.56. The van der Waals surface area contributed by atoms with Crippen LogP contribution in [0.3, 0.4) is 0 Å². The van der Waals surface area contributed by atoms with E-state index in [1.54, 1.807) is 11.1 Å². The van der Waals surface area contributed by atoms with Crippen LogP contribution in [0.4, 0.5) is 16.3 Å². The standard InChI is InChI=1S/C26H26N6O/c1-19-18-31(26(33)30(2)21-11-7-4-8-12-21)15-16-32(19)25-23-17-27-14-13-22(23)24(28-29-25)20-9-5-3-6-10-20/h3-14,17,19H,15-16,18H2,1-2H3. The van der Waals surface area contributed by atoms with Crippen molar-refractivity contribution in [3.05, 3.63) is 79.1 Å². The van der Waals surface area contributed by atoms with Crippen LogP contribution in [0.5, 0.6) is 0 Å². The quantitative estimate of drug-likeness (QED) is 0.473. The highest BCUT2D eigenvalue weighted by molar-refractivity contribution is 6.00. The van der Waals surface area contributed by atoms with Gasteiger partial charge in [0.05, 0.1) is 0 Å². The van der Waals surface area contributed by atoms with Crippen LogP contribution < -0.4 is 9.80 Å². The lowest BCUT2D eigenvalue weighted by atomic mass is 10.1. The summed E-state index contributed by atoms with van der Waals surface area (Å²) in [5.74, 6) is 0.814. The second kappa shape index (κ2) is 8.86. The number of pyridine rings is 1. The van der Waals surface area contributed by atoms with Gasteiger partial charge in [-0.25, -0.2) is 4.79 Å². The van der Waals surface area contributed by atoms with E-state index in [-0.39, 0.29) is 12.1 Å². The number of carbonyl (C=O) groups is 1. The Labute approximate surface area is 193 Å². The van der Waals surface area contributed by atoms with Crippen LogP contribution in [0.15, 0.2) is 79.1 Å². The monoisotopic (exact) mass is 438 g/mol. The molecule has 2 aromatic heterocycles. The summed E-state index contributed by atoms with van der Waals surface area (Å²) in [5.41, 5.74) is 2.76. The van der Waals surface area contributed by atoms with Crippen molar-refractivity contribution in [2.45, 2.75) is 13.0 Å². The molecule has 1 saturated heterocycles. The molecule has 0 aliphatic carbocycles. The van der Waals surface area contributed by atoms with Gasteiger partial charge in [0.2, 0.25) is 0 Å². The molecule has 3 heterocycles. The van der Waals surface area contributed by atoms with E-state index >= 15 is 0 Å². The molecule has 7 nitrogen and oxygen atoms in total. The summed E-state index contributed by atoms with van der Waals surface area (Å²) in [7, 11) is 1.82. The molecule has 0 spiro atoms. The summed E-state index contributed by atoms with van der Waals surface area (Å²) < 4.78 is 0. The number of fused-ring (bicyclic) bond motifs is 1. The van der Waals surface area contributed by atoms with Crippen molar-refractivity contribution >= 4 is 28.3 Å². The van der Waals surface area contributed by atoms with Crippen molar-refractivity contribution in [3.8, 4) is 11.3 Å². The molecule has 33 heavy (non-hydrogen) atoms. The number of urea groups is 1. The van der Waals surface area contributed by atoms with Gasteiger partial charge in [-0.3, -0.25) is 9.88 Å². The van der Waals surface area contributed by atoms with Gasteiger partial charge in [0, 0.05) is 67.1 Å². The molecule has 0 radical (unpaired) electrons. The molecule has 2 aromatic carbocycles. The molecule has 1 aliphatic rings. The smallest absolute Gasteiger partial charge is 0.324 e. The van der Waals surface area contributed by atoms with Crippen molar-refractivity contribution in [1.29, 1.82) is 0 Å². The van der Waals surface area contributed by atoms with Gasteiger partial charge < -0.3 is 9.80 Å². The Morgan fingerprint density at radius 3 is 2.39 bits per heavy atom. The maximum atomic E-state index is 13.1. The molecule has 1 atom stereocenters. The second-order valence-corrected chi connectivity index (χ2v) is 8.33. The number of aromatic nitrogens is 3. The summed E-state index contributed by atoms with van der Waals surface area (Å²) in [4.78, 5) is 23.3. The Hall–Kier alpha value is -4.00. The molecule has 0 saturated carbocycles. The molecule has 7 heteroatoms. The zero-order chi connectivity index (χ0) is 22.8. The van der Waals surface area contributed by atoms with Crippen LogP contribution in [0.2, 0.25) is 0 Å². The van der Waals surface area contributed by atoms with E-state index in [0.29, 0.717) is 19.6 Å².